The number of rotatable bonds is 1. The number of aliphatic hydroxyl groups excluding tert-OH is 1. The number of fused-ring (bicyclic) bond motifs is 1. The van der Waals surface area contributed by atoms with Crippen molar-refractivity contribution in [2.24, 2.45) is 0 Å². The summed E-state index contributed by atoms with van der Waals surface area (Å²) < 4.78 is 13.6. The third-order valence-corrected chi connectivity index (χ3v) is 3.65. The lowest BCUT2D eigenvalue weighted by Crippen LogP contribution is -2.40. The maximum absolute atomic E-state index is 13.6. The second-order valence-electron chi connectivity index (χ2n) is 5.05. The van der Waals surface area contributed by atoms with Gasteiger partial charge in [-0.05, 0) is 31.0 Å². The molecule has 1 N–H and O–H groups in total. The van der Waals surface area contributed by atoms with Crippen LogP contribution < -0.4 is 0 Å². The molecule has 0 saturated carbocycles. The van der Waals surface area contributed by atoms with Crippen LogP contribution in [0, 0.1) is 5.82 Å². The van der Waals surface area contributed by atoms with Crippen molar-refractivity contribution in [2.45, 2.75) is 18.9 Å². The van der Waals surface area contributed by atoms with E-state index in [0.29, 0.717) is 36.8 Å². The summed E-state index contributed by atoms with van der Waals surface area (Å²) in [5, 5.41) is 10.1. The molecule has 2 heterocycles. The zero-order valence-electron chi connectivity index (χ0n) is 10.9. The predicted molar refractivity (Wildman–Crippen MR) is 72.8 cm³/mol. The van der Waals surface area contributed by atoms with E-state index in [-0.39, 0.29) is 17.6 Å². The van der Waals surface area contributed by atoms with Gasteiger partial charge in [0, 0.05) is 24.7 Å². The van der Waals surface area contributed by atoms with E-state index in [0.717, 1.165) is 0 Å². The molecular formula is C15H15FN2O2. The highest BCUT2D eigenvalue weighted by molar-refractivity contribution is 6.05. The molecule has 0 spiro atoms. The molecule has 0 unspecified atom stereocenters. The Morgan fingerprint density at radius 1 is 1.35 bits per heavy atom. The number of carbonyl (C=O) groups excluding carboxylic acids is 1. The van der Waals surface area contributed by atoms with Gasteiger partial charge in [-0.15, -0.1) is 0 Å². The number of aromatic nitrogens is 1. The van der Waals surface area contributed by atoms with Crippen LogP contribution in [0.3, 0.4) is 0 Å². The summed E-state index contributed by atoms with van der Waals surface area (Å²) in [5.74, 6) is -0.661. The van der Waals surface area contributed by atoms with Crippen molar-refractivity contribution < 1.29 is 14.3 Å². The van der Waals surface area contributed by atoms with Gasteiger partial charge in [0.25, 0.3) is 5.91 Å². The van der Waals surface area contributed by atoms with Gasteiger partial charge in [-0.1, -0.05) is 6.07 Å². The average Bonchev–Trinajstić information content (AvgIpc) is 2.46. The van der Waals surface area contributed by atoms with Crippen LogP contribution in [-0.4, -0.2) is 40.1 Å². The van der Waals surface area contributed by atoms with Crippen LogP contribution in [0.25, 0.3) is 10.9 Å². The van der Waals surface area contributed by atoms with Gasteiger partial charge >= 0.3 is 0 Å². The van der Waals surface area contributed by atoms with Crippen LogP contribution in [0.4, 0.5) is 4.39 Å². The topological polar surface area (TPSA) is 53.4 Å². The molecule has 0 bridgehead atoms. The lowest BCUT2D eigenvalue weighted by Gasteiger charge is -2.29. The van der Waals surface area contributed by atoms with Gasteiger partial charge < -0.3 is 10.0 Å². The second kappa shape index (κ2) is 5.17. The molecule has 2 aromatic rings. The lowest BCUT2D eigenvalue weighted by molar-refractivity contribution is 0.0547. The van der Waals surface area contributed by atoms with Crippen LogP contribution in [0.1, 0.15) is 23.2 Å². The second-order valence-corrected chi connectivity index (χ2v) is 5.05. The minimum Gasteiger partial charge on any atom is -0.393 e. The molecule has 1 aliphatic heterocycles. The first-order valence-corrected chi connectivity index (χ1v) is 6.67. The van der Waals surface area contributed by atoms with Gasteiger partial charge in [-0.2, -0.15) is 0 Å². The molecule has 0 aliphatic carbocycles. The number of likely N-dealkylation sites (tertiary alicyclic amines) is 1. The maximum Gasteiger partial charge on any atom is 0.256 e. The van der Waals surface area contributed by atoms with Gasteiger partial charge in [0.15, 0.2) is 0 Å². The Balaban J connectivity index is 1.99. The number of piperidine rings is 1. The summed E-state index contributed by atoms with van der Waals surface area (Å²) in [6.07, 6.45) is 2.37. The first kappa shape index (κ1) is 13.0. The molecule has 1 fully saturated rings. The van der Waals surface area contributed by atoms with Crippen molar-refractivity contribution in [1.29, 1.82) is 0 Å². The van der Waals surface area contributed by atoms with Crippen molar-refractivity contribution in [3.05, 3.63) is 41.8 Å². The Bertz CT molecular complexity index is 651. The summed E-state index contributed by atoms with van der Waals surface area (Å²) >= 11 is 0. The van der Waals surface area contributed by atoms with E-state index in [2.05, 4.69) is 4.98 Å². The quantitative estimate of drug-likeness (QED) is 0.865. The fraction of sp³-hybridized carbons (Fsp3) is 0.333. The number of amides is 1. The highest BCUT2D eigenvalue weighted by atomic mass is 19.1. The first-order valence-electron chi connectivity index (χ1n) is 6.67. The minimum absolute atomic E-state index is 0.222. The summed E-state index contributed by atoms with van der Waals surface area (Å²) in [5.41, 5.74) is 0.807. The van der Waals surface area contributed by atoms with Gasteiger partial charge in [0.2, 0.25) is 0 Å². The monoisotopic (exact) mass is 274 g/mol. The molecule has 5 heteroatoms. The number of pyridine rings is 1. The summed E-state index contributed by atoms with van der Waals surface area (Å²) in [7, 11) is 0. The number of nitrogens with zero attached hydrogens (tertiary/aromatic N) is 2. The van der Waals surface area contributed by atoms with E-state index in [1.165, 1.54) is 12.1 Å². The first-order chi connectivity index (χ1) is 9.65. The van der Waals surface area contributed by atoms with Crippen LogP contribution in [-0.2, 0) is 0 Å². The third kappa shape index (κ3) is 2.36. The smallest absolute Gasteiger partial charge is 0.256 e. The summed E-state index contributed by atoms with van der Waals surface area (Å²) in [6.45, 7) is 0.982. The molecule has 1 aromatic carbocycles. The van der Waals surface area contributed by atoms with E-state index in [4.69, 9.17) is 0 Å². The largest absolute Gasteiger partial charge is 0.393 e. The van der Waals surface area contributed by atoms with E-state index in [1.807, 2.05) is 0 Å². The molecular weight excluding hydrogens is 259 g/mol. The Labute approximate surface area is 115 Å². The van der Waals surface area contributed by atoms with Crippen LogP contribution in [0.2, 0.25) is 0 Å². The van der Waals surface area contributed by atoms with Gasteiger partial charge in [0.1, 0.15) is 5.82 Å². The van der Waals surface area contributed by atoms with E-state index < -0.39 is 5.82 Å². The Kier molecular flexibility index (Phi) is 3.36. The standard InChI is InChI=1S/C15H15FN2O2/c16-11-8-10-2-1-5-17-14(10)13(9-11)15(20)18-6-3-12(19)4-7-18/h1-2,5,8-9,12,19H,3-4,6-7H2. The Hall–Kier alpha value is -2.01. The zero-order chi connectivity index (χ0) is 14.1. The number of hydrogen-bond donors (Lipinski definition) is 1. The molecule has 0 radical (unpaired) electrons. The number of aliphatic hydroxyl groups is 1. The van der Waals surface area contributed by atoms with Crippen LogP contribution in [0.15, 0.2) is 30.5 Å². The van der Waals surface area contributed by atoms with Crippen molar-refractivity contribution in [3.63, 3.8) is 0 Å². The van der Waals surface area contributed by atoms with Crippen molar-refractivity contribution in [2.75, 3.05) is 13.1 Å². The normalized spacial score (nSPS) is 16.6. The molecule has 104 valence electrons. The van der Waals surface area contributed by atoms with Gasteiger partial charge in [0.05, 0.1) is 17.2 Å². The lowest BCUT2D eigenvalue weighted by atomic mass is 10.0. The van der Waals surface area contributed by atoms with Crippen molar-refractivity contribution in [1.82, 2.24) is 9.88 Å². The molecule has 3 rings (SSSR count). The maximum atomic E-state index is 13.6. The summed E-state index contributed by atoms with van der Waals surface area (Å²) in [4.78, 5) is 18.3. The minimum atomic E-state index is -0.439. The van der Waals surface area contributed by atoms with Crippen molar-refractivity contribution in [3.8, 4) is 0 Å². The number of carbonyl (C=O) groups is 1. The molecule has 1 amide bonds. The molecule has 1 aliphatic rings. The van der Waals surface area contributed by atoms with Crippen LogP contribution >= 0.6 is 0 Å². The predicted octanol–water partition coefficient (Wildman–Crippen LogP) is 1.97. The summed E-state index contributed by atoms with van der Waals surface area (Å²) in [6, 6.07) is 6.07. The fourth-order valence-corrected chi connectivity index (χ4v) is 2.56. The third-order valence-electron chi connectivity index (χ3n) is 3.65. The molecule has 4 nitrogen and oxygen atoms in total. The highest BCUT2D eigenvalue weighted by Crippen LogP contribution is 2.21. The SMILES string of the molecule is O=C(c1cc(F)cc2cccnc12)N1CCC(O)CC1. The Morgan fingerprint density at radius 3 is 2.85 bits per heavy atom. The molecule has 0 atom stereocenters. The molecule has 1 saturated heterocycles. The zero-order valence-corrected chi connectivity index (χ0v) is 10.9. The van der Waals surface area contributed by atoms with Gasteiger partial charge in [-0.25, -0.2) is 4.39 Å². The van der Waals surface area contributed by atoms with E-state index in [1.54, 1.807) is 23.2 Å². The Morgan fingerprint density at radius 2 is 2.10 bits per heavy atom. The fourth-order valence-electron chi connectivity index (χ4n) is 2.56. The highest BCUT2D eigenvalue weighted by Gasteiger charge is 2.24. The average molecular weight is 274 g/mol. The number of benzene rings is 1. The van der Waals surface area contributed by atoms with Gasteiger partial charge in [-0.3, -0.25) is 9.78 Å². The molecule has 1 aromatic heterocycles. The molecule has 20 heavy (non-hydrogen) atoms. The van der Waals surface area contributed by atoms with Crippen LogP contribution in [0.5, 0.6) is 0 Å². The number of halogens is 1. The van der Waals surface area contributed by atoms with E-state index in [9.17, 15) is 14.3 Å². The number of hydrogen-bond acceptors (Lipinski definition) is 3. The van der Waals surface area contributed by atoms with Crippen molar-refractivity contribution >= 4 is 16.8 Å². The van der Waals surface area contributed by atoms with E-state index >= 15 is 0 Å².